The first kappa shape index (κ1) is 30.1. The highest BCUT2D eigenvalue weighted by atomic mass is 35.5. The van der Waals surface area contributed by atoms with E-state index in [9.17, 15) is 26.7 Å². The van der Waals surface area contributed by atoms with Crippen molar-refractivity contribution in [2.45, 2.75) is 31.8 Å². The summed E-state index contributed by atoms with van der Waals surface area (Å²) in [6.45, 7) is 2.25. The second-order valence-corrected chi connectivity index (χ2v) is 11.7. The summed E-state index contributed by atoms with van der Waals surface area (Å²) in [6.07, 6.45) is -0.645. The van der Waals surface area contributed by atoms with Gasteiger partial charge < -0.3 is 10.8 Å². The van der Waals surface area contributed by atoms with E-state index in [0.29, 0.717) is 27.5 Å². The lowest BCUT2D eigenvalue weighted by Crippen LogP contribution is -2.31. The van der Waals surface area contributed by atoms with Crippen LogP contribution in [0.3, 0.4) is 0 Å². The summed E-state index contributed by atoms with van der Waals surface area (Å²) in [5.41, 5.74) is 7.45. The molecule has 1 heterocycles. The van der Waals surface area contributed by atoms with Gasteiger partial charge in [-0.1, -0.05) is 29.8 Å². The Kier molecular flexibility index (Phi) is 8.50. The number of aliphatic hydroxyl groups excluding tert-OH is 1. The van der Waals surface area contributed by atoms with Gasteiger partial charge in [0.15, 0.2) is 9.84 Å². The molecule has 1 aromatic heterocycles. The highest BCUT2D eigenvalue weighted by Gasteiger charge is 2.25. The van der Waals surface area contributed by atoms with Crippen molar-refractivity contribution in [1.29, 1.82) is 0 Å². The van der Waals surface area contributed by atoms with Crippen molar-refractivity contribution in [3.8, 4) is 16.8 Å². The number of halogens is 4. The molecule has 0 unspecified atom stereocenters. The Labute approximate surface area is 240 Å². The number of hydrogen-bond donors (Lipinski definition) is 3. The maximum atomic E-state index is 15.0. The van der Waals surface area contributed by atoms with Crippen LogP contribution in [-0.2, 0) is 16.4 Å². The molecule has 8 nitrogen and oxygen atoms in total. The Morgan fingerprint density at radius 3 is 2.32 bits per heavy atom. The molecule has 0 aliphatic heterocycles. The number of aryl methyl sites for hydroxylation is 1. The highest BCUT2D eigenvalue weighted by Crippen LogP contribution is 2.37. The maximum absolute atomic E-state index is 15.0. The Morgan fingerprint density at radius 2 is 1.78 bits per heavy atom. The minimum atomic E-state index is -3.90. The van der Waals surface area contributed by atoms with Gasteiger partial charge in [0.2, 0.25) is 0 Å². The molecule has 13 heteroatoms. The van der Waals surface area contributed by atoms with Crippen LogP contribution in [0.5, 0.6) is 0 Å². The molecule has 216 valence electrons. The van der Waals surface area contributed by atoms with E-state index >= 15 is 0 Å². The molecule has 0 atom stereocenters. The van der Waals surface area contributed by atoms with Gasteiger partial charge in [0.05, 0.1) is 28.6 Å². The Hall–Kier alpha value is -3.84. The van der Waals surface area contributed by atoms with Gasteiger partial charge >= 0.3 is 0 Å². The van der Waals surface area contributed by atoms with Gasteiger partial charge in [-0.25, -0.2) is 32.4 Å². The van der Waals surface area contributed by atoms with Crippen LogP contribution in [0.2, 0.25) is 5.02 Å². The summed E-state index contributed by atoms with van der Waals surface area (Å²) in [4.78, 5) is 3.66. The highest BCUT2D eigenvalue weighted by molar-refractivity contribution is 7.90. The number of hydrogen-bond acceptors (Lipinski definition) is 7. The fourth-order valence-electron chi connectivity index (χ4n) is 4.64. The number of hydrazine groups is 1. The molecule has 4 aromatic rings. The first-order valence-electron chi connectivity index (χ1n) is 12.1. The standard InChI is InChI=1S/C28H27ClF3N5O3S/c1-15-27(28(31)32)35-16(2)36(15)23-9-6-18(19-10-22(30)21(14-38)26(12-19)41(3,39)40)11-24(23)37(34)25(13-33)17-4-7-20(29)8-5-17/h4-13,28,38H,14,33-34H2,1-3H3/b25-13-. The summed E-state index contributed by atoms with van der Waals surface area (Å²) in [5, 5.41) is 11.3. The third-order valence-corrected chi connectivity index (χ3v) is 8.01. The zero-order valence-corrected chi connectivity index (χ0v) is 23.8. The van der Waals surface area contributed by atoms with Crippen LogP contribution >= 0.6 is 11.6 Å². The molecule has 0 bridgehead atoms. The second-order valence-electron chi connectivity index (χ2n) is 9.26. The lowest BCUT2D eigenvalue weighted by molar-refractivity contribution is 0.145. The molecule has 0 radical (unpaired) electrons. The number of rotatable bonds is 8. The van der Waals surface area contributed by atoms with Crippen LogP contribution in [0.25, 0.3) is 22.5 Å². The molecule has 0 spiro atoms. The van der Waals surface area contributed by atoms with Crippen LogP contribution in [0, 0.1) is 19.7 Å². The number of aliphatic hydroxyl groups is 1. The summed E-state index contributed by atoms with van der Waals surface area (Å²) in [7, 11) is -3.90. The minimum absolute atomic E-state index is 0.179. The molecule has 3 aromatic carbocycles. The number of nitrogens with two attached hydrogens (primary N) is 2. The van der Waals surface area contributed by atoms with Gasteiger partial charge in [-0.05, 0) is 61.4 Å². The number of imidazole rings is 1. The summed E-state index contributed by atoms with van der Waals surface area (Å²) in [6, 6.07) is 13.7. The Bertz CT molecular complexity index is 1760. The molecule has 0 saturated carbocycles. The fraction of sp³-hybridized carbons (Fsp3) is 0.179. The van der Waals surface area contributed by atoms with E-state index in [0.717, 1.165) is 12.3 Å². The van der Waals surface area contributed by atoms with Crippen LogP contribution in [0.1, 0.15) is 34.8 Å². The molecule has 5 N–H and O–H groups in total. The number of aromatic nitrogens is 2. The van der Waals surface area contributed by atoms with Gasteiger partial charge in [-0.15, -0.1) is 0 Å². The topological polar surface area (TPSA) is 127 Å². The zero-order chi connectivity index (χ0) is 30.2. The second kappa shape index (κ2) is 11.6. The van der Waals surface area contributed by atoms with E-state index in [1.807, 2.05) is 0 Å². The molecular weight excluding hydrogens is 579 g/mol. The van der Waals surface area contributed by atoms with Crippen molar-refractivity contribution in [1.82, 2.24) is 9.55 Å². The average Bonchev–Trinajstić information content (AvgIpc) is 3.22. The van der Waals surface area contributed by atoms with Gasteiger partial charge in [-0.3, -0.25) is 9.58 Å². The number of nitrogens with zero attached hydrogens (tertiary/aromatic N) is 3. The predicted molar refractivity (Wildman–Crippen MR) is 153 cm³/mol. The number of benzene rings is 3. The molecule has 0 saturated heterocycles. The largest absolute Gasteiger partial charge is 0.403 e. The zero-order valence-electron chi connectivity index (χ0n) is 22.2. The van der Waals surface area contributed by atoms with Gasteiger partial charge in [0, 0.05) is 34.3 Å². The molecule has 0 amide bonds. The van der Waals surface area contributed by atoms with Crippen molar-refractivity contribution in [3.05, 3.63) is 100.0 Å². The van der Waals surface area contributed by atoms with E-state index in [4.69, 9.17) is 23.2 Å². The third-order valence-electron chi connectivity index (χ3n) is 6.60. The van der Waals surface area contributed by atoms with Crippen LogP contribution in [-0.4, -0.2) is 29.3 Å². The Morgan fingerprint density at radius 1 is 1.12 bits per heavy atom. The van der Waals surface area contributed by atoms with Crippen molar-refractivity contribution in [2.75, 3.05) is 11.3 Å². The minimum Gasteiger partial charge on any atom is -0.403 e. The van der Waals surface area contributed by atoms with Gasteiger partial charge in [0.25, 0.3) is 6.43 Å². The SMILES string of the molecule is Cc1nc(C(F)F)c(C)n1-c1ccc(-c2cc(F)c(CO)c(S(C)(=O)=O)c2)cc1N(N)/C(=C\N)c1ccc(Cl)cc1. The quantitative estimate of drug-likeness (QED) is 0.181. The normalized spacial score (nSPS) is 12.3. The van der Waals surface area contributed by atoms with Crippen LogP contribution in [0.15, 0.2) is 65.7 Å². The summed E-state index contributed by atoms with van der Waals surface area (Å²) >= 11 is 6.04. The lowest BCUT2D eigenvalue weighted by Gasteiger charge is -2.26. The smallest absolute Gasteiger partial charge is 0.282 e. The van der Waals surface area contributed by atoms with Crippen molar-refractivity contribution >= 4 is 32.8 Å². The number of sulfone groups is 1. The number of anilines is 1. The summed E-state index contributed by atoms with van der Waals surface area (Å²) in [5.74, 6) is 5.97. The van der Waals surface area contributed by atoms with Gasteiger partial charge in [0.1, 0.15) is 17.3 Å². The van der Waals surface area contributed by atoms with Gasteiger partial charge in [-0.2, -0.15) is 0 Å². The lowest BCUT2D eigenvalue weighted by atomic mass is 10.0. The molecule has 41 heavy (non-hydrogen) atoms. The van der Waals surface area contributed by atoms with Crippen molar-refractivity contribution in [3.63, 3.8) is 0 Å². The molecule has 0 aliphatic carbocycles. The van der Waals surface area contributed by atoms with E-state index in [1.54, 1.807) is 49.4 Å². The number of alkyl halides is 2. The van der Waals surface area contributed by atoms with E-state index < -0.39 is 34.4 Å². The fourth-order valence-corrected chi connectivity index (χ4v) is 5.71. The summed E-state index contributed by atoms with van der Waals surface area (Å²) < 4.78 is 68.7. The maximum Gasteiger partial charge on any atom is 0.282 e. The van der Waals surface area contributed by atoms with Crippen LogP contribution < -0.4 is 16.6 Å². The predicted octanol–water partition coefficient (Wildman–Crippen LogP) is 5.42. The van der Waals surface area contributed by atoms with E-state index in [-0.39, 0.29) is 33.2 Å². The molecule has 0 fully saturated rings. The van der Waals surface area contributed by atoms with Crippen molar-refractivity contribution < 1.29 is 26.7 Å². The monoisotopic (exact) mass is 605 g/mol. The Balaban J connectivity index is 2.00. The average molecular weight is 606 g/mol. The van der Waals surface area contributed by atoms with E-state index in [1.165, 1.54) is 28.8 Å². The molecule has 4 rings (SSSR count). The first-order chi connectivity index (χ1) is 19.3. The first-order valence-corrected chi connectivity index (χ1v) is 14.4. The van der Waals surface area contributed by atoms with Crippen molar-refractivity contribution in [2.24, 2.45) is 11.6 Å². The third kappa shape index (κ3) is 5.82. The van der Waals surface area contributed by atoms with E-state index in [2.05, 4.69) is 4.98 Å². The molecular formula is C28H27ClF3N5O3S. The van der Waals surface area contributed by atoms with Crippen LogP contribution in [0.4, 0.5) is 18.9 Å². The molecule has 0 aliphatic rings.